The van der Waals surface area contributed by atoms with E-state index in [2.05, 4.69) is 81.1 Å². The first-order valence-corrected chi connectivity index (χ1v) is 16.4. The van der Waals surface area contributed by atoms with Gasteiger partial charge in [-0.2, -0.15) is 5.10 Å². The van der Waals surface area contributed by atoms with E-state index in [1.165, 1.54) is 36.8 Å². The van der Waals surface area contributed by atoms with Crippen LogP contribution >= 0.6 is 11.6 Å². The molecule has 0 aliphatic carbocycles. The Morgan fingerprint density at radius 3 is 2.41 bits per heavy atom. The average Bonchev–Trinajstić information content (AvgIpc) is 3.69. The summed E-state index contributed by atoms with van der Waals surface area (Å²) in [5.41, 5.74) is 4.89. The lowest BCUT2D eigenvalue weighted by Gasteiger charge is -2.45. The van der Waals surface area contributed by atoms with E-state index in [4.69, 9.17) is 16.6 Å². The maximum absolute atomic E-state index is 13.5. The number of rotatable bonds is 6. The van der Waals surface area contributed by atoms with E-state index < -0.39 is 0 Å². The Labute approximate surface area is 262 Å². The smallest absolute Gasteiger partial charge is 0.274 e. The van der Waals surface area contributed by atoms with Gasteiger partial charge in [-0.3, -0.25) is 9.69 Å². The number of fused-ring (bicyclic) bond motifs is 4. The fourth-order valence-corrected chi connectivity index (χ4v) is 8.67. The molecule has 5 aromatic rings. The van der Waals surface area contributed by atoms with Crippen molar-refractivity contribution in [3.63, 3.8) is 0 Å². The molecule has 2 aromatic carbocycles. The van der Waals surface area contributed by atoms with Crippen molar-refractivity contribution in [1.29, 1.82) is 0 Å². The minimum Gasteiger partial charge on any atom is -0.337 e. The highest BCUT2D eigenvalue weighted by molar-refractivity contribution is 6.29. The minimum atomic E-state index is -0.0317. The number of para-hydroxylation sites is 2. The first-order chi connectivity index (χ1) is 21.5. The second-order valence-corrected chi connectivity index (χ2v) is 13.4. The van der Waals surface area contributed by atoms with Crippen LogP contribution in [0.1, 0.15) is 72.9 Å². The van der Waals surface area contributed by atoms with Gasteiger partial charge in [0.05, 0.1) is 17.2 Å². The monoisotopic (exact) mass is 607 g/mol. The van der Waals surface area contributed by atoms with E-state index in [1.807, 2.05) is 4.90 Å². The largest absolute Gasteiger partial charge is 0.337 e. The zero-order valence-electron chi connectivity index (χ0n) is 25.1. The van der Waals surface area contributed by atoms with Crippen LogP contribution in [0.4, 0.5) is 0 Å². The van der Waals surface area contributed by atoms with Gasteiger partial charge in [0.1, 0.15) is 16.7 Å². The zero-order valence-corrected chi connectivity index (χ0v) is 25.9. The number of benzene rings is 2. The van der Waals surface area contributed by atoms with E-state index in [1.54, 1.807) is 22.8 Å². The molecule has 226 valence electrons. The molecule has 8 nitrogen and oxygen atoms in total. The van der Waals surface area contributed by atoms with Gasteiger partial charge in [-0.05, 0) is 93.7 Å². The van der Waals surface area contributed by atoms with Crippen LogP contribution in [0.2, 0.25) is 5.15 Å². The Morgan fingerprint density at radius 1 is 0.909 bits per heavy atom. The van der Waals surface area contributed by atoms with Crippen molar-refractivity contribution in [3.05, 3.63) is 95.2 Å². The molecule has 3 aromatic heterocycles. The van der Waals surface area contributed by atoms with E-state index in [-0.39, 0.29) is 11.3 Å². The van der Waals surface area contributed by atoms with Gasteiger partial charge in [0, 0.05) is 31.2 Å². The highest BCUT2D eigenvalue weighted by Crippen LogP contribution is 2.45. The van der Waals surface area contributed by atoms with Crippen molar-refractivity contribution in [2.24, 2.45) is 0 Å². The highest BCUT2D eigenvalue weighted by atomic mass is 35.5. The van der Waals surface area contributed by atoms with Gasteiger partial charge in [-0.1, -0.05) is 54.1 Å². The fraction of sp³-hybridized carbons (Fsp3) is 0.429. The summed E-state index contributed by atoms with van der Waals surface area (Å²) in [4.78, 5) is 27.7. The SMILES string of the molecule is Cc1nc2ccccc2n1C1C[C@H]2CC[C@@H](C1)N2CCC1(c2ccccc2)CCN(C(=O)c2cn3nc(Cl)ccc3n2)CC1. The third-order valence-electron chi connectivity index (χ3n) is 10.7. The Balaban J connectivity index is 0.978. The summed E-state index contributed by atoms with van der Waals surface area (Å²) in [5.74, 6) is 1.10. The summed E-state index contributed by atoms with van der Waals surface area (Å²) in [6, 6.07) is 24.8. The Bertz CT molecular complexity index is 1810. The van der Waals surface area contributed by atoms with Gasteiger partial charge < -0.3 is 9.47 Å². The highest BCUT2D eigenvalue weighted by Gasteiger charge is 2.44. The molecule has 0 N–H and O–H groups in total. The molecule has 2 bridgehead atoms. The molecule has 0 saturated carbocycles. The summed E-state index contributed by atoms with van der Waals surface area (Å²) >= 11 is 6.05. The summed E-state index contributed by atoms with van der Waals surface area (Å²) in [5, 5.41) is 4.63. The molecule has 44 heavy (non-hydrogen) atoms. The van der Waals surface area contributed by atoms with Crippen molar-refractivity contribution in [2.45, 2.75) is 75.4 Å². The van der Waals surface area contributed by atoms with Gasteiger partial charge in [0.2, 0.25) is 0 Å². The number of likely N-dealkylation sites (tertiary alicyclic amines) is 1. The molecule has 3 saturated heterocycles. The molecule has 0 radical (unpaired) electrons. The molecule has 8 rings (SSSR count). The molecule has 1 unspecified atom stereocenters. The van der Waals surface area contributed by atoms with Crippen LogP contribution in [0.25, 0.3) is 16.7 Å². The van der Waals surface area contributed by atoms with Crippen molar-refractivity contribution in [1.82, 2.24) is 33.9 Å². The summed E-state index contributed by atoms with van der Waals surface area (Å²) in [6.07, 6.45) is 9.66. The van der Waals surface area contributed by atoms with Gasteiger partial charge in [-0.25, -0.2) is 14.5 Å². The summed E-state index contributed by atoms with van der Waals surface area (Å²) < 4.78 is 4.10. The van der Waals surface area contributed by atoms with Crippen LogP contribution in [0.5, 0.6) is 0 Å². The molecule has 3 aliphatic heterocycles. The number of hydrogen-bond acceptors (Lipinski definition) is 5. The Morgan fingerprint density at radius 2 is 1.64 bits per heavy atom. The zero-order chi connectivity index (χ0) is 29.8. The van der Waals surface area contributed by atoms with E-state index in [0.29, 0.717) is 34.6 Å². The van der Waals surface area contributed by atoms with Crippen molar-refractivity contribution in [3.8, 4) is 0 Å². The Hall–Kier alpha value is -3.75. The van der Waals surface area contributed by atoms with E-state index >= 15 is 0 Å². The van der Waals surface area contributed by atoms with Crippen molar-refractivity contribution < 1.29 is 4.79 Å². The number of imidazole rings is 2. The topological polar surface area (TPSA) is 71.6 Å². The number of aromatic nitrogens is 5. The predicted molar refractivity (Wildman–Crippen MR) is 172 cm³/mol. The van der Waals surface area contributed by atoms with Gasteiger partial charge in [0.25, 0.3) is 5.91 Å². The number of aryl methyl sites for hydroxylation is 1. The maximum atomic E-state index is 13.5. The lowest BCUT2D eigenvalue weighted by molar-refractivity contribution is 0.0602. The number of carbonyl (C=O) groups is 1. The van der Waals surface area contributed by atoms with E-state index in [0.717, 1.165) is 50.2 Å². The molecule has 1 amide bonds. The molecule has 9 heteroatoms. The third-order valence-corrected chi connectivity index (χ3v) is 10.9. The molecule has 0 spiro atoms. The lowest BCUT2D eigenvalue weighted by Crippen LogP contribution is -2.49. The van der Waals surface area contributed by atoms with Gasteiger partial charge in [0.15, 0.2) is 5.65 Å². The normalized spacial score (nSPS) is 23.5. The average molecular weight is 608 g/mol. The summed E-state index contributed by atoms with van der Waals surface area (Å²) in [7, 11) is 0. The van der Waals surface area contributed by atoms with Crippen molar-refractivity contribution in [2.75, 3.05) is 19.6 Å². The quantitative estimate of drug-likeness (QED) is 0.221. The predicted octanol–water partition coefficient (Wildman–Crippen LogP) is 6.47. The van der Waals surface area contributed by atoms with Crippen LogP contribution < -0.4 is 0 Å². The number of halogens is 1. The standard InChI is InChI=1S/C35H38ClN7O/c1-24-37-29-9-5-6-10-31(29)43(24)28-21-26-11-12-27(22-28)41(26)20-17-35(25-7-3-2-4-8-25)15-18-40(19-16-35)34(44)30-23-42-33(38-30)14-13-32(36)39-42/h2-10,13-14,23,26-28H,11-12,15-22H2,1H3/t26-,27+,28?. The van der Waals surface area contributed by atoms with Crippen molar-refractivity contribution >= 4 is 34.2 Å². The molecule has 6 heterocycles. The Kier molecular flexibility index (Phi) is 6.94. The van der Waals surface area contributed by atoms with Crippen LogP contribution in [-0.4, -0.2) is 71.6 Å². The van der Waals surface area contributed by atoms with Gasteiger partial charge in [-0.15, -0.1) is 0 Å². The molecular formula is C35H38ClN7O. The second kappa shape index (κ2) is 11.0. The first kappa shape index (κ1) is 27.8. The van der Waals surface area contributed by atoms with Crippen LogP contribution in [0, 0.1) is 6.92 Å². The van der Waals surface area contributed by atoms with Crippen LogP contribution in [-0.2, 0) is 5.41 Å². The van der Waals surface area contributed by atoms with Crippen LogP contribution in [0.15, 0.2) is 72.9 Å². The van der Waals surface area contributed by atoms with Crippen LogP contribution in [0.3, 0.4) is 0 Å². The second-order valence-electron chi connectivity index (χ2n) is 13.0. The molecule has 3 fully saturated rings. The fourth-order valence-electron chi connectivity index (χ4n) is 8.53. The first-order valence-electron chi connectivity index (χ1n) is 16.0. The molecule has 3 aliphatic rings. The number of nitrogens with zero attached hydrogens (tertiary/aromatic N) is 7. The number of piperidine rings is 2. The molecular weight excluding hydrogens is 570 g/mol. The summed E-state index contributed by atoms with van der Waals surface area (Å²) in [6.45, 7) is 4.71. The number of hydrogen-bond donors (Lipinski definition) is 0. The van der Waals surface area contributed by atoms with E-state index in [9.17, 15) is 4.79 Å². The maximum Gasteiger partial charge on any atom is 0.274 e. The number of carbonyl (C=O) groups excluding carboxylic acids is 1. The molecule has 3 atom stereocenters. The number of amides is 1. The lowest BCUT2D eigenvalue weighted by atomic mass is 9.70. The minimum absolute atomic E-state index is 0.0317. The third kappa shape index (κ3) is 4.79. The van der Waals surface area contributed by atoms with Gasteiger partial charge >= 0.3 is 0 Å².